The molecule has 2 heterocycles. The zero-order valence-electron chi connectivity index (χ0n) is 21.3. The molecule has 0 saturated carbocycles. The van der Waals surface area contributed by atoms with E-state index in [0.29, 0.717) is 22.8 Å². The Morgan fingerprint density at radius 1 is 1.11 bits per heavy atom. The maximum atomic E-state index is 15.1. The average molecular weight is 531 g/mol. The maximum absolute atomic E-state index is 15.1. The first-order valence-corrected chi connectivity index (χ1v) is 13.0. The number of carbonyl (C=O) groups excluding carboxylic acids is 2. The van der Waals surface area contributed by atoms with E-state index in [0.717, 1.165) is 6.07 Å². The molecule has 1 unspecified atom stereocenters. The van der Waals surface area contributed by atoms with Crippen LogP contribution in [0.1, 0.15) is 56.7 Å². The highest BCUT2D eigenvalue weighted by Gasteiger charge is 2.40. The number of nitrogens with zero attached hydrogens (tertiary/aromatic N) is 3. The second-order valence-electron chi connectivity index (χ2n) is 10.3. The van der Waals surface area contributed by atoms with Crippen LogP contribution in [-0.4, -0.2) is 39.9 Å². The molecule has 6 nitrogen and oxygen atoms in total. The van der Waals surface area contributed by atoms with E-state index in [4.69, 9.17) is 5.10 Å². The van der Waals surface area contributed by atoms with Gasteiger partial charge in [0.1, 0.15) is 29.8 Å². The van der Waals surface area contributed by atoms with Crippen molar-refractivity contribution in [3.05, 3.63) is 76.7 Å². The molecule has 1 N–H and O–H groups in total. The minimum Gasteiger partial charge on any atom is -0.352 e. The van der Waals surface area contributed by atoms with Gasteiger partial charge >= 0.3 is 0 Å². The van der Waals surface area contributed by atoms with E-state index in [9.17, 15) is 18.4 Å². The fraction of sp³-hybridized carbons (Fsp3) is 0.370. The molecule has 0 aliphatic carbocycles. The van der Waals surface area contributed by atoms with Crippen LogP contribution in [0.3, 0.4) is 0 Å². The lowest BCUT2D eigenvalue weighted by molar-refractivity contribution is -0.123. The van der Waals surface area contributed by atoms with Crippen molar-refractivity contribution in [2.75, 3.05) is 17.2 Å². The number of anilines is 1. The highest BCUT2D eigenvalue weighted by Crippen LogP contribution is 2.49. The average Bonchev–Trinajstić information content (AvgIpc) is 3.13. The second kappa shape index (κ2) is 10.2. The van der Waals surface area contributed by atoms with Gasteiger partial charge in [-0.1, -0.05) is 26.8 Å². The number of carbonyl (C=O) groups is 2. The lowest BCUT2D eigenvalue weighted by Gasteiger charge is -2.25. The number of nitrogens with one attached hydrogen (secondary N) is 1. The lowest BCUT2D eigenvalue weighted by atomic mass is 9.87. The molecule has 0 radical (unpaired) electrons. The number of rotatable bonds is 5. The van der Waals surface area contributed by atoms with E-state index in [-0.39, 0.29) is 35.7 Å². The van der Waals surface area contributed by atoms with Gasteiger partial charge in [-0.15, -0.1) is 11.8 Å². The third-order valence-electron chi connectivity index (χ3n) is 5.87. The van der Waals surface area contributed by atoms with Gasteiger partial charge in [-0.05, 0) is 44.2 Å². The van der Waals surface area contributed by atoms with E-state index in [1.165, 1.54) is 57.7 Å². The third-order valence-corrected chi connectivity index (χ3v) is 7.10. The molecule has 1 aliphatic rings. The van der Waals surface area contributed by atoms with Gasteiger partial charge in [-0.25, -0.2) is 17.9 Å². The van der Waals surface area contributed by atoms with Crippen LogP contribution in [0, 0.1) is 17.5 Å². The van der Waals surface area contributed by atoms with Crippen LogP contribution in [0.15, 0.2) is 42.5 Å². The standard InChI is InChI=1S/C27H29F3N4O2S/c1-15(2)31-21(35)13-33-22(36)14-37-24(19-11-8-17(29)12-20(19)30)23-25(27(3,4)5)32-34(26(23)33)18-9-6-16(28)7-10-18/h6-12,15,24H,13-14H2,1-5H3,(H,31,35). The summed E-state index contributed by atoms with van der Waals surface area (Å²) in [6.07, 6.45) is 0. The Labute approximate surface area is 218 Å². The summed E-state index contributed by atoms with van der Waals surface area (Å²) in [5, 5.41) is 6.94. The van der Waals surface area contributed by atoms with Gasteiger partial charge in [0, 0.05) is 28.7 Å². The smallest absolute Gasteiger partial charge is 0.240 e. The predicted octanol–water partition coefficient (Wildman–Crippen LogP) is 5.28. The molecular weight excluding hydrogens is 501 g/mol. The Morgan fingerprint density at radius 2 is 1.76 bits per heavy atom. The number of benzene rings is 2. The van der Waals surface area contributed by atoms with Crippen LogP contribution >= 0.6 is 11.8 Å². The van der Waals surface area contributed by atoms with Crippen LogP contribution < -0.4 is 10.2 Å². The molecule has 3 aromatic rings. The third kappa shape index (κ3) is 5.53. The number of halogens is 3. The van der Waals surface area contributed by atoms with Crippen molar-refractivity contribution in [2.45, 2.75) is 51.3 Å². The Balaban J connectivity index is 2.02. The summed E-state index contributed by atoms with van der Waals surface area (Å²) in [7, 11) is 0. The number of thioether (sulfide) groups is 1. The molecule has 0 spiro atoms. The second-order valence-corrected chi connectivity index (χ2v) is 11.4. The molecule has 4 rings (SSSR count). The van der Waals surface area contributed by atoms with Crippen LogP contribution in [0.25, 0.3) is 5.69 Å². The molecule has 0 fully saturated rings. The summed E-state index contributed by atoms with van der Waals surface area (Å²) >= 11 is 1.20. The normalized spacial score (nSPS) is 16.1. The van der Waals surface area contributed by atoms with Crippen LogP contribution in [0.5, 0.6) is 0 Å². The minimum atomic E-state index is -0.740. The van der Waals surface area contributed by atoms with Gasteiger partial charge in [0.2, 0.25) is 11.8 Å². The van der Waals surface area contributed by atoms with Crippen molar-refractivity contribution in [2.24, 2.45) is 0 Å². The van der Waals surface area contributed by atoms with Crippen molar-refractivity contribution in [3.63, 3.8) is 0 Å². The fourth-order valence-electron chi connectivity index (χ4n) is 4.31. The molecule has 37 heavy (non-hydrogen) atoms. The number of hydrogen-bond donors (Lipinski definition) is 1. The number of fused-ring (bicyclic) bond motifs is 1. The highest BCUT2D eigenvalue weighted by atomic mass is 32.2. The Kier molecular flexibility index (Phi) is 7.41. The van der Waals surface area contributed by atoms with Gasteiger partial charge in [-0.3, -0.25) is 14.5 Å². The predicted molar refractivity (Wildman–Crippen MR) is 139 cm³/mol. The van der Waals surface area contributed by atoms with Gasteiger partial charge in [-0.2, -0.15) is 5.10 Å². The molecule has 1 aliphatic heterocycles. The minimum absolute atomic E-state index is 0.0435. The SMILES string of the molecule is CC(C)NC(=O)CN1C(=O)CSC(c2ccc(F)cc2F)c2c(C(C)(C)C)nn(-c3ccc(F)cc3)c21. The van der Waals surface area contributed by atoms with E-state index in [1.54, 1.807) is 0 Å². The molecular formula is C27H29F3N4O2S. The van der Waals surface area contributed by atoms with Gasteiger partial charge in [0.05, 0.1) is 22.4 Å². The maximum Gasteiger partial charge on any atom is 0.240 e. The zero-order chi connectivity index (χ0) is 27.1. The monoisotopic (exact) mass is 530 g/mol. The highest BCUT2D eigenvalue weighted by molar-refractivity contribution is 8.00. The molecule has 1 atom stereocenters. The van der Waals surface area contributed by atoms with Crippen LogP contribution in [-0.2, 0) is 15.0 Å². The Morgan fingerprint density at radius 3 is 2.35 bits per heavy atom. The lowest BCUT2D eigenvalue weighted by Crippen LogP contribution is -2.44. The molecule has 10 heteroatoms. The van der Waals surface area contributed by atoms with Crippen LogP contribution in [0.4, 0.5) is 19.0 Å². The van der Waals surface area contributed by atoms with E-state index >= 15 is 4.39 Å². The van der Waals surface area contributed by atoms with Crippen molar-refractivity contribution >= 4 is 29.4 Å². The molecule has 0 bridgehead atoms. The van der Waals surface area contributed by atoms with Gasteiger partial charge in [0.15, 0.2) is 0 Å². The Hall–Kier alpha value is -3.27. The molecule has 1 aromatic heterocycles. The first kappa shape index (κ1) is 26.8. The molecule has 196 valence electrons. The summed E-state index contributed by atoms with van der Waals surface area (Å²) < 4.78 is 44.2. The number of aromatic nitrogens is 2. The molecule has 2 amide bonds. The van der Waals surface area contributed by atoms with E-state index in [1.807, 2.05) is 34.6 Å². The van der Waals surface area contributed by atoms with Crippen molar-refractivity contribution in [1.82, 2.24) is 15.1 Å². The number of hydrogen-bond acceptors (Lipinski definition) is 4. The van der Waals surface area contributed by atoms with E-state index in [2.05, 4.69) is 5.32 Å². The summed E-state index contributed by atoms with van der Waals surface area (Å²) in [4.78, 5) is 27.7. The first-order chi connectivity index (χ1) is 17.4. The summed E-state index contributed by atoms with van der Waals surface area (Å²) in [6.45, 7) is 9.18. The Bertz CT molecular complexity index is 1330. The molecule has 0 saturated heterocycles. The zero-order valence-corrected chi connectivity index (χ0v) is 22.1. The summed E-state index contributed by atoms with van der Waals surface area (Å²) in [5.74, 6) is -2.35. The number of amides is 2. The first-order valence-electron chi connectivity index (χ1n) is 11.9. The van der Waals surface area contributed by atoms with Crippen LogP contribution in [0.2, 0.25) is 0 Å². The van der Waals surface area contributed by atoms with E-state index < -0.39 is 28.1 Å². The van der Waals surface area contributed by atoms with Gasteiger partial charge in [0.25, 0.3) is 0 Å². The van der Waals surface area contributed by atoms with Crippen molar-refractivity contribution in [1.29, 1.82) is 0 Å². The fourth-order valence-corrected chi connectivity index (χ4v) is 5.53. The molecule has 2 aromatic carbocycles. The quantitative estimate of drug-likeness (QED) is 0.488. The summed E-state index contributed by atoms with van der Waals surface area (Å²) in [6, 6.07) is 8.84. The van der Waals surface area contributed by atoms with Crippen molar-refractivity contribution < 1.29 is 22.8 Å². The van der Waals surface area contributed by atoms with Gasteiger partial charge < -0.3 is 5.32 Å². The topological polar surface area (TPSA) is 67.2 Å². The summed E-state index contributed by atoms with van der Waals surface area (Å²) in [5.41, 5.74) is 1.26. The largest absolute Gasteiger partial charge is 0.352 e. The van der Waals surface area contributed by atoms with Crippen molar-refractivity contribution in [3.8, 4) is 5.69 Å².